The van der Waals surface area contributed by atoms with E-state index in [1.54, 1.807) is 6.07 Å². The molecule has 100 valence electrons. The van der Waals surface area contributed by atoms with E-state index >= 15 is 0 Å². The minimum atomic E-state index is -0.171. The molecular formula is C13H20N2O3. The van der Waals surface area contributed by atoms with Crippen LogP contribution >= 0.6 is 0 Å². The molecular weight excluding hydrogens is 232 g/mol. The molecule has 1 aliphatic rings. The molecule has 0 aliphatic heterocycles. The van der Waals surface area contributed by atoms with Crippen molar-refractivity contribution in [3.05, 3.63) is 17.5 Å². The molecule has 0 spiro atoms. The number of aromatic nitrogens is 1. The molecule has 0 atom stereocenters. The summed E-state index contributed by atoms with van der Waals surface area (Å²) in [6, 6.07) is 1.75. The Hall–Kier alpha value is -1.36. The highest BCUT2D eigenvalue weighted by atomic mass is 16.5. The molecule has 0 saturated heterocycles. The molecule has 1 amide bonds. The third kappa shape index (κ3) is 3.84. The largest absolute Gasteiger partial charge is 0.379 e. The first-order chi connectivity index (χ1) is 8.66. The Kier molecular flexibility index (Phi) is 4.36. The summed E-state index contributed by atoms with van der Waals surface area (Å²) in [7, 11) is 0. The van der Waals surface area contributed by atoms with Crippen molar-refractivity contribution in [1.82, 2.24) is 10.5 Å². The standard InChI is InChI=1S/C13H20N2O3/c1-9(2)17-7-3-6-14-13(16)11-8-12(18-15-11)10-4-5-10/h8-10H,3-7H2,1-2H3,(H,14,16). The number of hydrogen-bond donors (Lipinski definition) is 1. The molecule has 1 N–H and O–H groups in total. The van der Waals surface area contributed by atoms with E-state index in [0.717, 1.165) is 25.0 Å². The van der Waals surface area contributed by atoms with Gasteiger partial charge in [-0.05, 0) is 33.1 Å². The minimum Gasteiger partial charge on any atom is -0.379 e. The molecule has 1 aliphatic carbocycles. The van der Waals surface area contributed by atoms with E-state index in [2.05, 4.69) is 10.5 Å². The van der Waals surface area contributed by atoms with Crippen molar-refractivity contribution in [3.8, 4) is 0 Å². The van der Waals surface area contributed by atoms with E-state index in [4.69, 9.17) is 9.26 Å². The third-order valence-electron chi connectivity index (χ3n) is 2.80. The van der Waals surface area contributed by atoms with E-state index in [1.807, 2.05) is 13.8 Å². The van der Waals surface area contributed by atoms with Crippen molar-refractivity contribution in [2.24, 2.45) is 0 Å². The van der Waals surface area contributed by atoms with Gasteiger partial charge in [0.2, 0.25) is 0 Å². The van der Waals surface area contributed by atoms with Gasteiger partial charge in [-0.2, -0.15) is 0 Å². The number of hydrogen-bond acceptors (Lipinski definition) is 4. The van der Waals surface area contributed by atoms with Crippen molar-refractivity contribution < 1.29 is 14.1 Å². The summed E-state index contributed by atoms with van der Waals surface area (Å²) in [5.41, 5.74) is 0.377. The quantitative estimate of drug-likeness (QED) is 0.755. The molecule has 1 aromatic heterocycles. The van der Waals surface area contributed by atoms with E-state index in [9.17, 15) is 4.79 Å². The summed E-state index contributed by atoms with van der Waals surface area (Å²) in [6.45, 7) is 5.24. The van der Waals surface area contributed by atoms with Crippen LogP contribution in [-0.4, -0.2) is 30.3 Å². The van der Waals surface area contributed by atoms with Crippen molar-refractivity contribution in [2.75, 3.05) is 13.2 Å². The summed E-state index contributed by atoms with van der Waals surface area (Å²) >= 11 is 0. The number of amides is 1. The van der Waals surface area contributed by atoms with Crippen LogP contribution in [0.2, 0.25) is 0 Å². The van der Waals surface area contributed by atoms with Gasteiger partial charge in [0.25, 0.3) is 5.91 Å². The Morgan fingerprint density at radius 2 is 2.39 bits per heavy atom. The lowest BCUT2D eigenvalue weighted by atomic mass is 10.3. The SMILES string of the molecule is CC(C)OCCCNC(=O)c1cc(C2CC2)on1. The highest BCUT2D eigenvalue weighted by Gasteiger charge is 2.28. The van der Waals surface area contributed by atoms with Gasteiger partial charge in [-0.3, -0.25) is 4.79 Å². The molecule has 1 fully saturated rings. The maximum absolute atomic E-state index is 11.7. The van der Waals surface area contributed by atoms with Crippen LogP contribution in [-0.2, 0) is 4.74 Å². The molecule has 1 saturated carbocycles. The lowest BCUT2D eigenvalue weighted by Gasteiger charge is -2.07. The van der Waals surface area contributed by atoms with Gasteiger partial charge >= 0.3 is 0 Å². The van der Waals surface area contributed by atoms with Crippen LogP contribution in [0.3, 0.4) is 0 Å². The monoisotopic (exact) mass is 252 g/mol. The Morgan fingerprint density at radius 1 is 1.61 bits per heavy atom. The highest BCUT2D eigenvalue weighted by molar-refractivity contribution is 5.92. The summed E-state index contributed by atoms with van der Waals surface area (Å²) in [5, 5.41) is 6.59. The number of rotatable bonds is 7. The molecule has 0 unspecified atom stereocenters. The van der Waals surface area contributed by atoms with Gasteiger partial charge in [-0.25, -0.2) is 0 Å². The van der Waals surface area contributed by atoms with Crippen molar-refractivity contribution >= 4 is 5.91 Å². The molecule has 0 aromatic carbocycles. The van der Waals surface area contributed by atoms with Crippen LogP contribution in [0.1, 0.15) is 55.3 Å². The lowest BCUT2D eigenvalue weighted by Crippen LogP contribution is -2.25. The zero-order valence-corrected chi connectivity index (χ0v) is 10.9. The van der Waals surface area contributed by atoms with Gasteiger partial charge < -0.3 is 14.6 Å². The van der Waals surface area contributed by atoms with Crippen LogP contribution in [0.5, 0.6) is 0 Å². The van der Waals surface area contributed by atoms with Gasteiger partial charge in [-0.15, -0.1) is 0 Å². The molecule has 0 bridgehead atoms. The van der Waals surface area contributed by atoms with E-state index in [1.165, 1.54) is 0 Å². The zero-order valence-electron chi connectivity index (χ0n) is 10.9. The topological polar surface area (TPSA) is 64.4 Å². The molecule has 2 rings (SSSR count). The predicted molar refractivity (Wildman–Crippen MR) is 66.5 cm³/mol. The van der Waals surface area contributed by atoms with Gasteiger partial charge in [0.15, 0.2) is 5.69 Å². The van der Waals surface area contributed by atoms with Crippen molar-refractivity contribution in [1.29, 1.82) is 0 Å². The van der Waals surface area contributed by atoms with E-state index in [-0.39, 0.29) is 12.0 Å². The minimum absolute atomic E-state index is 0.171. The summed E-state index contributed by atoms with van der Waals surface area (Å²) in [4.78, 5) is 11.7. The van der Waals surface area contributed by atoms with E-state index in [0.29, 0.717) is 24.8 Å². The number of carbonyl (C=O) groups is 1. The number of carbonyl (C=O) groups excluding carboxylic acids is 1. The van der Waals surface area contributed by atoms with Gasteiger partial charge in [-0.1, -0.05) is 5.16 Å². The number of ether oxygens (including phenoxy) is 1. The fourth-order valence-electron chi connectivity index (χ4n) is 1.64. The van der Waals surface area contributed by atoms with Crippen LogP contribution < -0.4 is 5.32 Å². The molecule has 0 radical (unpaired) electrons. The second-order valence-corrected chi connectivity index (χ2v) is 4.92. The van der Waals surface area contributed by atoms with Crippen LogP contribution in [0.4, 0.5) is 0 Å². The second-order valence-electron chi connectivity index (χ2n) is 4.92. The number of nitrogens with one attached hydrogen (secondary N) is 1. The molecule has 5 nitrogen and oxygen atoms in total. The fraction of sp³-hybridized carbons (Fsp3) is 0.692. The first-order valence-electron chi connectivity index (χ1n) is 6.53. The summed E-state index contributed by atoms with van der Waals surface area (Å²) in [5.74, 6) is 1.15. The zero-order chi connectivity index (χ0) is 13.0. The van der Waals surface area contributed by atoms with Gasteiger partial charge in [0.1, 0.15) is 5.76 Å². The van der Waals surface area contributed by atoms with E-state index < -0.39 is 0 Å². The molecule has 5 heteroatoms. The highest BCUT2D eigenvalue weighted by Crippen LogP contribution is 2.40. The Morgan fingerprint density at radius 3 is 3.06 bits per heavy atom. The Labute approximate surface area is 107 Å². The fourth-order valence-corrected chi connectivity index (χ4v) is 1.64. The second kappa shape index (κ2) is 6.00. The number of nitrogens with zero attached hydrogens (tertiary/aromatic N) is 1. The van der Waals surface area contributed by atoms with Crippen molar-refractivity contribution in [3.63, 3.8) is 0 Å². The first-order valence-corrected chi connectivity index (χ1v) is 6.53. The summed E-state index contributed by atoms with van der Waals surface area (Å²) < 4.78 is 10.5. The molecule has 1 aromatic rings. The summed E-state index contributed by atoms with van der Waals surface area (Å²) in [6.07, 6.45) is 3.32. The molecule has 1 heterocycles. The normalized spacial score (nSPS) is 15.1. The Bertz CT molecular complexity index is 397. The third-order valence-corrected chi connectivity index (χ3v) is 2.80. The van der Waals surface area contributed by atoms with Crippen LogP contribution in [0, 0.1) is 0 Å². The maximum Gasteiger partial charge on any atom is 0.273 e. The van der Waals surface area contributed by atoms with Crippen LogP contribution in [0.25, 0.3) is 0 Å². The molecule has 18 heavy (non-hydrogen) atoms. The predicted octanol–water partition coefficient (Wildman–Crippen LogP) is 2.10. The average Bonchev–Trinajstić information content (AvgIpc) is 3.06. The maximum atomic E-state index is 11.7. The first kappa shape index (κ1) is 13.1. The van der Waals surface area contributed by atoms with Crippen molar-refractivity contribution in [2.45, 2.75) is 45.1 Å². The van der Waals surface area contributed by atoms with Crippen LogP contribution in [0.15, 0.2) is 10.6 Å². The Balaban J connectivity index is 1.67. The average molecular weight is 252 g/mol. The van der Waals surface area contributed by atoms with Gasteiger partial charge in [0, 0.05) is 25.1 Å². The lowest BCUT2D eigenvalue weighted by molar-refractivity contribution is 0.0756. The van der Waals surface area contributed by atoms with Gasteiger partial charge in [0.05, 0.1) is 6.10 Å². The smallest absolute Gasteiger partial charge is 0.273 e.